The minimum Gasteiger partial charge on any atom is -0.463 e. The molecule has 0 radical (unpaired) electrons. The van der Waals surface area contributed by atoms with Crippen LogP contribution in [0.3, 0.4) is 0 Å². The van der Waals surface area contributed by atoms with Crippen LogP contribution < -0.4 is 16.0 Å². The molecule has 1 heterocycles. The number of hydrogen-bond acceptors (Lipinski definition) is 8. The number of hydrogen-bond donors (Lipinski definition) is 3. The largest absolute Gasteiger partial charge is 0.463 e. The zero-order valence-corrected chi connectivity index (χ0v) is 15.3. The van der Waals surface area contributed by atoms with Crippen molar-refractivity contribution >= 4 is 9.84 Å². The number of furan rings is 1. The molecule has 134 valence electrons. The first-order valence-corrected chi connectivity index (χ1v) is 9.36. The molecule has 24 heavy (non-hydrogen) atoms. The summed E-state index contributed by atoms with van der Waals surface area (Å²) in [5.74, 6) is 1.94. The summed E-state index contributed by atoms with van der Waals surface area (Å²) < 4.78 is 28.7. The Morgan fingerprint density at radius 1 is 1.29 bits per heavy atom. The Hall–Kier alpha value is -2.02. The van der Waals surface area contributed by atoms with E-state index in [2.05, 4.69) is 16.0 Å². The first-order chi connectivity index (χ1) is 11.3. The third kappa shape index (κ3) is 6.62. The molecular formula is C15H25N5O3S. The topological polar surface area (TPSA) is 110 Å². The maximum Gasteiger partial charge on any atom is 0.189 e. The Morgan fingerprint density at radius 2 is 1.96 bits per heavy atom. The van der Waals surface area contributed by atoms with Crippen LogP contribution >= 0.6 is 0 Å². The van der Waals surface area contributed by atoms with Crippen molar-refractivity contribution in [1.82, 2.24) is 20.9 Å². The van der Waals surface area contributed by atoms with Gasteiger partial charge in [0.25, 0.3) is 0 Å². The Bertz CT molecular complexity index is 701. The van der Waals surface area contributed by atoms with Crippen molar-refractivity contribution in [2.45, 2.75) is 13.1 Å². The summed E-state index contributed by atoms with van der Waals surface area (Å²) in [5.41, 5.74) is 0. The van der Waals surface area contributed by atoms with Gasteiger partial charge in [0, 0.05) is 26.4 Å². The molecule has 0 amide bonds. The lowest BCUT2D eigenvalue weighted by Crippen LogP contribution is -2.32. The molecule has 0 spiro atoms. The van der Waals surface area contributed by atoms with E-state index in [-0.39, 0.29) is 10.7 Å². The summed E-state index contributed by atoms with van der Waals surface area (Å²) in [7, 11) is 1.95. The average molecular weight is 355 g/mol. The lowest BCUT2D eigenvalue weighted by molar-refractivity contribution is 0.339. The first kappa shape index (κ1) is 20.0. The second kappa shape index (κ2) is 9.32. The maximum absolute atomic E-state index is 11.5. The van der Waals surface area contributed by atoms with E-state index in [1.165, 1.54) is 0 Å². The lowest BCUT2D eigenvalue weighted by atomic mass is 10.4. The van der Waals surface area contributed by atoms with E-state index in [1.54, 1.807) is 13.1 Å². The first-order valence-electron chi connectivity index (χ1n) is 7.47. The van der Waals surface area contributed by atoms with E-state index < -0.39 is 9.84 Å². The summed E-state index contributed by atoms with van der Waals surface area (Å²) in [6.45, 7) is 2.37. The quantitative estimate of drug-likeness (QED) is 0.397. The highest BCUT2D eigenvalue weighted by atomic mass is 32.2. The predicted octanol–water partition coefficient (Wildman–Crippen LogP) is -0.0229. The smallest absolute Gasteiger partial charge is 0.189 e. The predicted molar refractivity (Wildman–Crippen MR) is 92.4 cm³/mol. The number of nitrogens with one attached hydrogen (secondary N) is 3. The molecule has 1 aromatic heterocycles. The van der Waals surface area contributed by atoms with E-state index in [0.29, 0.717) is 19.6 Å². The van der Waals surface area contributed by atoms with Gasteiger partial charge in [-0.1, -0.05) is 0 Å². The number of nitriles is 1. The van der Waals surface area contributed by atoms with Gasteiger partial charge in [0.15, 0.2) is 14.7 Å². The minimum absolute atomic E-state index is 0.202. The second-order valence-corrected chi connectivity index (χ2v) is 7.50. The third-order valence-corrected chi connectivity index (χ3v) is 4.08. The second-order valence-electron chi connectivity index (χ2n) is 5.55. The molecule has 0 aliphatic rings. The van der Waals surface area contributed by atoms with Gasteiger partial charge in [-0.25, -0.2) is 8.42 Å². The number of sulfone groups is 1. The van der Waals surface area contributed by atoms with E-state index in [4.69, 9.17) is 9.68 Å². The fourth-order valence-corrected chi connectivity index (χ4v) is 2.72. The van der Waals surface area contributed by atoms with Crippen molar-refractivity contribution in [3.05, 3.63) is 34.4 Å². The highest BCUT2D eigenvalue weighted by molar-refractivity contribution is 7.94. The van der Waals surface area contributed by atoms with Gasteiger partial charge < -0.3 is 25.3 Å². The fraction of sp³-hybridized carbons (Fsp3) is 0.533. The molecule has 3 N–H and O–H groups in total. The summed E-state index contributed by atoms with van der Waals surface area (Å²) in [6.07, 6.45) is 1.01. The molecule has 0 unspecified atom stereocenters. The molecule has 0 aromatic carbocycles. The van der Waals surface area contributed by atoms with Crippen molar-refractivity contribution in [2.75, 3.05) is 40.5 Å². The summed E-state index contributed by atoms with van der Waals surface area (Å²) in [6, 6.07) is 5.58. The van der Waals surface area contributed by atoms with Gasteiger partial charge in [-0.2, -0.15) is 5.26 Å². The van der Waals surface area contributed by atoms with Crippen LogP contribution in [0, 0.1) is 11.3 Å². The lowest BCUT2D eigenvalue weighted by Gasteiger charge is -2.12. The van der Waals surface area contributed by atoms with E-state index in [1.807, 2.05) is 31.1 Å². The van der Waals surface area contributed by atoms with Gasteiger partial charge in [0.1, 0.15) is 23.4 Å². The summed E-state index contributed by atoms with van der Waals surface area (Å²) >= 11 is 0. The Kier molecular flexibility index (Phi) is 7.78. The highest BCUT2D eigenvalue weighted by Crippen LogP contribution is 2.09. The van der Waals surface area contributed by atoms with Crippen molar-refractivity contribution in [2.24, 2.45) is 0 Å². The molecular weight excluding hydrogens is 330 g/mol. The number of allylic oxidation sites excluding steroid dienone is 1. The molecule has 9 heteroatoms. The standard InChI is InChI=1S/C15H25N5O3S/c1-17-15(14(9-16)24(4,21)22)19-8-7-18-10-12-5-6-13(23-12)11-20(2)3/h5-6,17-19H,7-8,10-11H2,1-4H3. The number of nitrogens with zero attached hydrogens (tertiary/aromatic N) is 2. The molecule has 0 atom stereocenters. The van der Waals surface area contributed by atoms with Crippen molar-refractivity contribution < 1.29 is 12.8 Å². The van der Waals surface area contributed by atoms with Gasteiger partial charge >= 0.3 is 0 Å². The molecule has 0 aliphatic carbocycles. The van der Waals surface area contributed by atoms with Crippen LogP contribution in [0.15, 0.2) is 27.3 Å². The van der Waals surface area contributed by atoms with Crippen molar-refractivity contribution in [1.29, 1.82) is 5.26 Å². The van der Waals surface area contributed by atoms with Crippen LogP contribution in [0.25, 0.3) is 0 Å². The van der Waals surface area contributed by atoms with Gasteiger partial charge in [0.05, 0.1) is 13.1 Å². The molecule has 1 rings (SSSR count). The number of rotatable bonds is 10. The summed E-state index contributed by atoms with van der Waals surface area (Å²) in [5, 5.41) is 17.8. The molecule has 0 saturated carbocycles. The highest BCUT2D eigenvalue weighted by Gasteiger charge is 2.16. The third-order valence-electron chi connectivity index (χ3n) is 3.04. The Labute approximate surface area is 143 Å². The van der Waals surface area contributed by atoms with Crippen LogP contribution in [-0.4, -0.2) is 53.8 Å². The SMILES string of the molecule is CNC(NCCNCc1ccc(CN(C)C)o1)=C(C#N)S(C)(=O)=O. The van der Waals surface area contributed by atoms with Crippen LogP contribution in [0.4, 0.5) is 0 Å². The van der Waals surface area contributed by atoms with Gasteiger partial charge in [-0.05, 0) is 26.2 Å². The van der Waals surface area contributed by atoms with Crippen molar-refractivity contribution in [3.8, 4) is 6.07 Å². The van der Waals surface area contributed by atoms with Crippen LogP contribution in [-0.2, 0) is 22.9 Å². The van der Waals surface area contributed by atoms with E-state index in [9.17, 15) is 8.42 Å². The Morgan fingerprint density at radius 3 is 2.50 bits per heavy atom. The van der Waals surface area contributed by atoms with E-state index in [0.717, 1.165) is 24.3 Å². The molecule has 0 aliphatic heterocycles. The van der Waals surface area contributed by atoms with Crippen molar-refractivity contribution in [3.63, 3.8) is 0 Å². The van der Waals surface area contributed by atoms with Crippen LogP contribution in [0.1, 0.15) is 11.5 Å². The van der Waals surface area contributed by atoms with Gasteiger partial charge in [-0.3, -0.25) is 0 Å². The normalized spacial score (nSPS) is 12.7. The fourth-order valence-electron chi connectivity index (χ4n) is 2.01. The average Bonchev–Trinajstić information content (AvgIpc) is 2.91. The van der Waals surface area contributed by atoms with E-state index >= 15 is 0 Å². The van der Waals surface area contributed by atoms with Gasteiger partial charge in [-0.15, -0.1) is 0 Å². The zero-order valence-electron chi connectivity index (χ0n) is 14.5. The monoisotopic (exact) mass is 355 g/mol. The minimum atomic E-state index is -3.57. The van der Waals surface area contributed by atoms with Crippen LogP contribution in [0.5, 0.6) is 0 Å². The summed E-state index contributed by atoms with van der Waals surface area (Å²) in [4.78, 5) is 1.73. The van der Waals surface area contributed by atoms with Crippen LogP contribution in [0.2, 0.25) is 0 Å². The molecule has 0 bridgehead atoms. The molecule has 0 saturated heterocycles. The zero-order chi connectivity index (χ0) is 18.2. The van der Waals surface area contributed by atoms with Gasteiger partial charge in [0.2, 0.25) is 0 Å². The molecule has 0 fully saturated rings. The molecule has 8 nitrogen and oxygen atoms in total. The maximum atomic E-state index is 11.5. The Balaban J connectivity index is 2.44. The molecule has 1 aromatic rings.